The maximum atomic E-state index is 9.44. The molecule has 0 spiro atoms. The van der Waals surface area contributed by atoms with Crippen LogP contribution in [-0.4, -0.2) is 54.3 Å². The van der Waals surface area contributed by atoms with Gasteiger partial charge in [0, 0.05) is 30.9 Å². The number of nitrogens with zero attached hydrogens (tertiary/aromatic N) is 4. The third kappa shape index (κ3) is 5.22. The highest BCUT2D eigenvalue weighted by molar-refractivity contribution is 5.68. The summed E-state index contributed by atoms with van der Waals surface area (Å²) < 4.78 is 11.5. The Morgan fingerprint density at radius 1 is 1.12 bits per heavy atom. The van der Waals surface area contributed by atoms with E-state index < -0.39 is 0 Å². The molecule has 3 aromatic rings. The van der Waals surface area contributed by atoms with Crippen LogP contribution in [0.4, 0.5) is 11.6 Å². The van der Waals surface area contributed by atoms with Gasteiger partial charge in [-0.05, 0) is 37.1 Å². The van der Waals surface area contributed by atoms with Crippen molar-refractivity contribution in [1.29, 1.82) is 5.26 Å². The molecule has 4 rings (SSSR count). The first-order valence-corrected chi connectivity index (χ1v) is 10.8. The highest BCUT2D eigenvalue weighted by Gasteiger charge is 2.13. The van der Waals surface area contributed by atoms with E-state index in [-0.39, 0.29) is 0 Å². The summed E-state index contributed by atoms with van der Waals surface area (Å²) in [5.74, 6) is 1.36. The van der Waals surface area contributed by atoms with E-state index in [0.29, 0.717) is 23.8 Å². The Kier molecular flexibility index (Phi) is 6.95. The third-order valence-electron chi connectivity index (χ3n) is 5.43. The Labute approximate surface area is 188 Å². The summed E-state index contributed by atoms with van der Waals surface area (Å²) in [5.41, 5.74) is 4.91. The lowest BCUT2D eigenvalue weighted by Gasteiger charge is -2.26. The molecule has 0 aliphatic carbocycles. The van der Waals surface area contributed by atoms with Gasteiger partial charge in [-0.15, -0.1) is 0 Å². The van der Waals surface area contributed by atoms with Gasteiger partial charge in [0.05, 0.1) is 30.7 Å². The number of aromatic nitrogens is 2. The molecule has 7 nitrogen and oxygen atoms in total. The first kappa shape index (κ1) is 21.8. The predicted molar refractivity (Wildman–Crippen MR) is 124 cm³/mol. The lowest BCUT2D eigenvalue weighted by molar-refractivity contribution is 0.0322. The molecule has 0 amide bonds. The van der Waals surface area contributed by atoms with Crippen molar-refractivity contribution in [2.75, 3.05) is 44.8 Å². The Balaban J connectivity index is 1.47. The number of nitrogens with one attached hydrogen (secondary N) is 1. The fraction of sp³-hybridized carbons (Fsp3) is 0.320. The Morgan fingerprint density at radius 2 is 1.84 bits per heavy atom. The van der Waals surface area contributed by atoms with E-state index in [1.807, 2.05) is 56.3 Å². The molecule has 2 heterocycles. The largest absolute Gasteiger partial charge is 0.492 e. The highest BCUT2D eigenvalue weighted by Crippen LogP contribution is 2.29. The normalized spacial score (nSPS) is 14.0. The van der Waals surface area contributed by atoms with Gasteiger partial charge in [-0.25, -0.2) is 9.97 Å². The van der Waals surface area contributed by atoms with Crippen molar-refractivity contribution in [1.82, 2.24) is 14.9 Å². The number of benzene rings is 2. The summed E-state index contributed by atoms with van der Waals surface area (Å²) in [6, 6.07) is 15.9. The second kappa shape index (κ2) is 10.2. The summed E-state index contributed by atoms with van der Waals surface area (Å²) in [7, 11) is 0. The molecule has 0 atom stereocenters. The number of anilines is 2. The number of morpholine rings is 1. The van der Waals surface area contributed by atoms with E-state index in [2.05, 4.69) is 26.3 Å². The zero-order valence-corrected chi connectivity index (χ0v) is 18.5. The molecule has 0 unspecified atom stereocenters. The molecule has 1 saturated heterocycles. The van der Waals surface area contributed by atoms with Crippen LogP contribution in [0.25, 0.3) is 11.3 Å². The van der Waals surface area contributed by atoms with Crippen molar-refractivity contribution in [3.05, 3.63) is 65.4 Å². The summed E-state index contributed by atoms with van der Waals surface area (Å²) in [6.07, 6.45) is 1.56. The van der Waals surface area contributed by atoms with Crippen LogP contribution in [0, 0.1) is 25.2 Å². The topological polar surface area (TPSA) is 83.3 Å². The molecule has 1 aliphatic heterocycles. The van der Waals surface area contributed by atoms with Gasteiger partial charge in [0.25, 0.3) is 0 Å². The molecule has 1 N–H and O–H groups in total. The molecule has 1 aromatic heterocycles. The Bertz CT molecular complexity index is 1080. The fourth-order valence-electron chi connectivity index (χ4n) is 3.82. The SMILES string of the molecule is Cc1cc(Nc2ncc(C#N)c(-c3ccccc3)n2)cc(C)c1OCCN1CCOCC1. The maximum absolute atomic E-state index is 9.44. The maximum Gasteiger partial charge on any atom is 0.227 e. The molecule has 2 aromatic carbocycles. The highest BCUT2D eigenvalue weighted by atomic mass is 16.5. The fourth-order valence-corrected chi connectivity index (χ4v) is 3.82. The van der Waals surface area contributed by atoms with Crippen molar-refractivity contribution in [3.8, 4) is 23.1 Å². The Morgan fingerprint density at radius 3 is 2.53 bits per heavy atom. The van der Waals surface area contributed by atoms with E-state index in [4.69, 9.17) is 9.47 Å². The number of ether oxygens (including phenoxy) is 2. The average molecular weight is 430 g/mol. The lowest BCUT2D eigenvalue weighted by Crippen LogP contribution is -2.38. The van der Waals surface area contributed by atoms with E-state index in [0.717, 1.165) is 61.0 Å². The number of hydrogen-bond donors (Lipinski definition) is 1. The first-order valence-electron chi connectivity index (χ1n) is 10.8. The van der Waals surface area contributed by atoms with Crippen LogP contribution in [0.2, 0.25) is 0 Å². The van der Waals surface area contributed by atoms with Crippen LogP contribution >= 0.6 is 0 Å². The van der Waals surface area contributed by atoms with Crippen LogP contribution in [0.1, 0.15) is 16.7 Å². The quantitative estimate of drug-likeness (QED) is 0.606. The van der Waals surface area contributed by atoms with Crippen LogP contribution in [-0.2, 0) is 4.74 Å². The van der Waals surface area contributed by atoms with Gasteiger partial charge in [-0.2, -0.15) is 5.26 Å². The molecule has 1 fully saturated rings. The summed E-state index contributed by atoms with van der Waals surface area (Å²) in [4.78, 5) is 11.3. The predicted octanol–water partition coefficient (Wildman–Crippen LogP) is 4.09. The minimum absolute atomic E-state index is 0.443. The number of hydrogen-bond acceptors (Lipinski definition) is 7. The van der Waals surface area contributed by atoms with Crippen molar-refractivity contribution in [2.24, 2.45) is 0 Å². The van der Waals surface area contributed by atoms with Crippen molar-refractivity contribution in [3.63, 3.8) is 0 Å². The number of rotatable bonds is 7. The van der Waals surface area contributed by atoms with Gasteiger partial charge < -0.3 is 14.8 Å². The van der Waals surface area contributed by atoms with Gasteiger partial charge in [0.15, 0.2) is 0 Å². The van der Waals surface area contributed by atoms with E-state index >= 15 is 0 Å². The minimum atomic E-state index is 0.443. The van der Waals surface area contributed by atoms with Crippen molar-refractivity contribution < 1.29 is 9.47 Å². The second-order valence-corrected chi connectivity index (χ2v) is 7.80. The van der Waals surface area contributed by atoms with Gasteiger partial charge in [-0.3, -0.25) is 4.90 Å². The first-order chi connectivity index (χ1) is 15.6. The minimum Gasteiger partial charge on any atom is -0.492 e. The van der Waals surface area contributed by atoms with Gasteiger partial charge in [0.1, 0.15) is 18.4 Å². The molecular formula is C25H27N5O2. The molecule has 7 heteroatoms. The second-order valence-electron chi connectivity index (χ2n) is 7.80. The third-order valence-corrected chi connectivity index (χ3v) is 5.43. The van der Waals surface area contributed by atoms with Crippen molar-refractivity contribution >= 4 is 11.6 Å². The molecule has 1 aliphatic rings. The Hall–Kier alpha value is -3.47. The zero-order chi connectivity index (χ0) is 22.3. The van der Waals surface area contributed by atoms with Crippen LogP contribution in [0.3, 0.4) is 0 Å². The molecular weight excluding hydrogens is 402 g/mol. The monoisotopic (exact) mass is 429 g/mol. The molecule has 0 bridgehead atoms. The standard InChI is InChI=1S/C25H27N5O2/c1-18-14-22(15-19(2)24(18)32-13-10-30-8-11-31-12-9-30)28-25-27-17-21(16-26)23(29-25)20-6-4-3-5-7-20/h3-7,14-15,17H,8-13H2,1-2H3,(H,27,28,29). The molecule has 0 saturated carbocycles. The van der Waals surface area contributed by atoms with Gasteiger partial charge in [-0.1, -0.05) is 30.3 Å². The van der Waals surface area contributed by atoms with E-state index in [1.165, 1.54) is 0 Å². The smallest absolute Gasteiger partial charge is 0.227 e. The van der Waals surface area contributed by atoms with Crippen LogP contribution in [0.5, 0.6) is 5.75 Å². The van der Waals surface area contributed by atoms with Crippen LogP contribution in [0.15, 0.2) is 48.7 Å². The molecule has 164 valence electrons. The van der Waals surface area contributed by atoms with E-state index in [1.54, 1.807) is 6.20 Å². The average Bonchev–Trinajstić information content (AvgIpc) is 2.82. The van der Waals surface area contributed by atoms with Gasteiger partial charge >= 0.3 is 0 Å². The molecule has 32 heavy (non-hydrogen) atoms. The summed E-state index contributed by atoms with van der Waals surface area (Å²) in [6.45, 7) is 9.12. The number of nitriles is 1. The van der Waals surface area contributed by atoms with Gasteiger partial charge in [0.2, 0.25) is 5.95 Å². The summed E-state index contributed by atoms with van der Waals surface area (Å²) in [5, 5.41) is 12.7. The zero-order valence-electron chi connectivity index (χ0n) is 18.5. The van der Waals surface area contributed by atoms with E-state index in [9.17, 15) is 5.26 Å². The van der Waals surface area contributed by atoms with Crippen molar-refractivity contribution in [2.45, 2.75) is 13.8 Å². The molecule has 0 radical (unpaired) electrons. The number of aryl methyl sites for hydroxylation is 2. The summed E-state index contributed by atoms with van der Waals surface area (Å²) >= 11 is 0. The van der Waals surface area contributed by atoms with Crippen LogP contribution < -0.4 is 10.1 Å². The lowest BCUT2D eigenvalue weighted by atomic mass is 10.1.